The highest BCUT2D eigenvalue weighted by Gasteiger charge is 1.95. The van der Waals surface area contributed by atoms with Crippen LogP contribution in [0.2, 0.25) is 0 Å². The minimum Gasteiger partial charge on any atom is -0.381 e. The van der Waals surface area contributed by atoms with E-state index >= 15 is 0 Å². The van der Waals surface area contributed by atoms with Crippen LogP contribution in [0.3, 0.4) is 0 Å². The zero-order valence-electron chi connectivity index (χ0n) is 9.38. The highest BCUT2D eigenvalue weighted by molar-refractivity contribution is 5.87. The summed E-state index contributed by atoms with van der Waals surface area (Å²) in [6.45, 7) is 8.26. The number of allylic oxidation sites excluding steroid dienone is 1. The molecule has 0 aliphatic heterocycles. The van der Waals surface area contributed by atoms with E-state index in [0.29, 0.717) is 19.1 Å². The van der Waals surface area contributed by atoms with E-state index in [1.165, 1.54) is 6.08 Å². The van der Waals surface area contributed by atoms with Gasteiger partial charge in [0.1, 0.15) is 0 Å². The zero-order chi connectivity index (χ0) is 10.8. The monoisotopic (exact) mass is 199 g/mol. The fourth-order valence-electron chi connectivity index (χ4n) is 0.915. The van der Waals surface area contributed by atoms with Crippen molar-refractivity contribution < 1.29 is 9.53 Å². The Morgan fingerprint density at radius 2 is 2.21 bits per heavy atom. The fraction of sp³-hybridized carbons (Fsp3) is 0.727. The molecule has 0 heterocycles. The molecule has 0 radical (unpaired) electrons. The van der Waals surface area contributed by atoms with E-state index in [1.54, 1.807) is 6.08 Å². The van der Waals surface area contributed by atoms with Gasteiger partial charge < -0.3 is 10.1 Å². The molecule has 1 N–H and O–H groups in total. The summed E-state index contributed by atoms with van der Waals surface area (Å²) in [6, 6.07) is 0. The highest BCUT2D eigenvalue weighted by atomic mass is 16.5. The number of hydrogen-bond donors (Lipinski definition) is 1. The highest BCUT2D eigenvalue weighted by Crippen LogP contribution is 1.92. The van der Waals surface area contributed by atoms with Gasteiger partial charge in [-0.05, 0) is 25.3 Å². The van der Waals surface area contributed by atoms with Crippen LogP contribution in [0.15, 0.2) is 12.2 Å². The molecule has 0 aliphatic carbocycles. The summed E-state index contributed by atoms with van der Waals surface area (Å²) in [5, 5.41) is 2.77. The summed E-state index contributed by atoms with van der Waals surface area (Å²) >= 11 is 0. The van der Waals surface area contributed by atoms with Crippen LogP contribution in [0.5, 0.6) is 0 Å². The van der Waals surface area contributed by atoms with Gasteiger partial charge in [-0.3, -0.25) is 4.79 Å². The lowest BCUT2D eigenvalue weighted by atomic mass is 10.2. The maximum absolute atomic E-state index is 10.9. The molecule has 0 spiro atoms. The number of ether oxygens (including phenoxy) is 1. The Hall–Kier alpha value is -0.830. The topological polar surface area (TPSA) is 38.3 Å². The molecule has 0 saturated heterocycles. The molecule has 3 heteroatoms. The first-order valence-electron chi connectivity index (χ1n) is 5.15. The normalized spacial score (nSPS) is 11.1. The van der Waals surface area contributed by atoms with Crippen LogP contribution in [0.4, 0.5) is 0 Å². The lowest BCUT2D eigenvalue weighted by Crippen LogP contribution is -2.23. The summed E-state index contributed by atoms with van der Waals surface area (Å²) in [6.07, 6.45) is 4.12. The third-order valence-corrected chi connectivity index (χ3v) is 1.53. The second-order valence-corrected chi connectivity index (χ2v) is 3.61. The van der Waals surface area contributed by atoms with E-state index in [-0.39, 0.29) is 5.91 Å². The van der Waals surface area contributed by atoms with Crippen molar-refractivity contribution in [2.24, 2.45) is 5.92 Å². The second kappa shape index (κ2) is 8.75. The Kier molecular flexibility index (Phi) is 8.24. The van der Waals surface area contributed by atoms with Gasteiger partial charge in [0, 0.05) is 19.8 Å². The molecule has 0 aromatic heterocycles. The van der Waals surface area contributed by atoms with E-state index in [0.717, 1.165) is 13.0 Å². The first-order valence-corrected chi connectivity index (χ1v) is 5.15. The summed E-state index contributed by atoms with van der Waals surface area (Å²) in [5.74, 6) is 0.545. The molecule has 14 heavy (non-hydrogen) atoms. The molecule has 0 fully saturated rings. The largest absolute Gasteiger partial charge is 0.381 e. The van der Waals surface area contributed by atoms with E-state index in [1.807, 2.05) is 6.92 Å². The van der Waals surface area contributed by atoms with Crippen LogP contribution in [0, 0.1) is 5.92 Å². The molecular weight excluding hydrogens is 178 g/mol. The van der Waals surface area contributed by atoms with Crippen molar-refractivity contribution in [2.75, 3.05) is 19.8 Å². The van der Waals surface area contributed by atoms with Crippen molar-refractivity contribution >= 4 is 5.91 Å². The second-order valence-electron chi connectivity index (χ2n) is 3.61. The number of carbonyl (C=O) groups is 1. The van der Waals surface area contributed by atoms with Crippen LogP contribution in [0.25, 0.3) is 0 Å². The Morgan fingerprint density at radius 1 is 1.50 bits per heavy atom. The molecule has 0 aromatic rings. The minimum absolute atomic E-state index is 0.0311. The fourth-order valence-corrected chi connectivity index (χ4v) is 0.915. The molecule has 82 valence electrons. The van der Waals surface area contributed by atoms with Gasteiger partial charge in [-0.1, -0.05) is 19.9 Å². The number of hydrogen-bond acceptors (Lipinski definition) is 2. The SMILES string of the molecule is CC=CC(=O)NCCCOCC(C)C. The maximum Gasteiger partial charge on any atom is 0.243 e. The molecule has 1 amide bonds. The van der Waals surface area contributed by atoms with Gasteiger partial charge in [-0.2, -0.15) is 0 Å². The third-order valence-electron chi connectivity index (χ3n) is 1.53. The van der Waals surface area contributed by atoms with Crippen molar-refractivity contribution in [1.82, 2.24) is 5.32 Å². The van der Waals surface area contributed by atoms with Crippen molar-refractivity contribution in [3.8, 4) is 0 Å². The Morgan fingerprint density at radius 3 is 2.79 bits per heavy atom. The summed E-state index contributed by atoms with van der Waals surface area (Å²) < 4.78 is 5.37. The van der Waals surface area contributed by atoms with Gasteiger partial charge >= 0.3 is 0 Å². The van der Waals surface area contributed by atoms with Gasteiger partial charge in [0.15, 0.2) is 0 Å². The van der Waals surface area contributed by atoms with Crippen molar-refractivity contribution in [2.45, 2.75) is 27.2 Å². The quantitative estimate of drug-likeness (QED) is 0.501. The van der Waals surface area contributed by atoms with Crippen LogP contribution in [-0.4, -0.2) is 25.7 Å². The standard InChI is InChI=1S/C11H21NO2/c1-4-6-11(13)12-7-5-8-14-9-10(2)3/h4,6,10H,5,7-9H2,1-3H3,(H,12,13). The van der Waals surface area contributed by atoms with Crippen LogP contribution in [-0.2, 0) is 9.53 Å². The van der Waals surface area contributed by atoms with Crippen molar-refractivity contribution in [3.05, 3.63) is 12.2 Å². The molecule has 0 atom stereocenters. The number of nitrogens with one attached hydrogen (secondary N) is 1. The number of carbonyl (C=O) groups excluding carboxylic acids is 1. The Labute approximate surface area is 86.5 Å². The average Bonchev–Trinajstić information content (AvgIpc) is 2.11. The van der Waals surface area contributed by atoms with Gasteiger partial charge in [0.05, 0.1) is 0 Å². The van der Waals surface area contributed by atoms with Gasteiger partial charge in [-0.25, -0.2) is 0 Å². The van der Waals surface area contributed by atoms with E-state index in [4.69, 9.17) is 4.74 Å². The lowest BCUT2D eigenvalue weighted by Gasteiger charge is -2.06. The molecule has 0 aliphatic rings. The van der Waals surface area contributed by atoms with Crippen LogP contribution < -0.4 is 5.32 Å². The summed E-state index contributed by atoms with van der Waals surface area (Å²) in [7, 11) is 0. The third kappa shape index (κ3) is 9.26. The zero-order valence-corrected chi connectivity index (χ0v) is 9.38. The number of amides is 1. The smallest absolute Gasteiger partial charge is 0.243 e. The first-order chi connectivity index (χ1) is 6.66. The number of rotatable bonds is 7. The first kappa shape index (κ1) is 13.2. The summed E-state index contributed by atoms with van der Waals surface area (Å²) in [5.41, 5.74) is 0. The molecule has 0 rings (SSSR count). The van der Waals surface area contributed by atoms with Gasteiger partial charge in [-0.15, -0.1) is 0 Å². The Balaban J connectivity index is 3.17. The molecule has 0 bridgehead atoms. The van der Waals surface area contributed by atoms with E-state index in [9.17, 15) is 4.79 Å². The van der Waals surface area contributed by atoms with E-state index in [2.05, 4.69) is 19.2 Å². The van der Waals surface area contributed by atoms with Crippen LogP contribution in [0.1, 0.15) is 27.2 Å². The Bertz CT molecular complexity index is 176. The lowest BCUT2D eigenvalue weighted by molar-refractivity contribution is -0.116. The molecule has 3 nitrogen and oxygen atoms in total. The molecular formula is C11H21NO2. The van der Waals surface area contributed by atoms with E-state index < -0.39 is 0 Å². The van der Waals surface area contributed by atoms with Crippen molar-refractivity contribution in [1.29, 1.82) is 0 Å². The molecule has 0 unspecified atom stereocenters. The van der Waals surface area contributed by atoms with Crippen LogP contribution >= 0.6 is 0 Å². The molecule has 0 aromatic carbocycles. The molecule has 0 saturated carbocycles. The van der Waals surface area contributed by atoms with Gasteiger partial charge in [0.25, 0.3) is 0 Å². The average molecular weight is 199 g/mol. The summed E-state index contributed by atoms with van der Waals surface area (Å²) in [4.78, 5) is 10.9. The maximum atomic E-state index is 10.9. The predicted molar refractivity (Wildman–Crippen MR) is 58.1 cm³/mol. The van der Waals surface area contributed by atoms with Gasteiger partial charge in [0.2, 0.25) is 5.91 Å². The predicted octanol–water partition coefficient (Wildman–Crippen LogP) is 1.74. The minimum atomic E-state index is -0.0311. The van der Waals surface area contributed by atoms with Crippen molar-refractivity contribution in [3.63, 3.8) is 0 Å².